The second-order valence-corrected chi connectivity index (χ2v) is 8.19. The van der Waals surface area contributed by atoms with E-state index in [-0.39, 0.29) is 5.75 Å². The Bertz CT molecular complexity index is 836. The van der Waals surface area contributed by atoms with Gasteiger partial charge in [0.1, 0.15) is 5.75 Å². The Morgan fingerprint density at radius 2 is 1.63 bits per heavy atom. The molecule has 0 aromatic heterocycles. The lowest BCUT2D eigenvalue weighted by molar-refractivity contribution is 0.0882. The number of anilines is 1. The highest BCUT2D eigenvalue weighted by Gasteiger charge is 2.29. The van der Waals surface area contributed by atoms with Gasteiger partial charge in [0, 0.05) is 50.9 Å². The highest BCUT2D eigenvalue weighted by atomic mass is 16.5. The molecule has 6 heteroatoms. The Morgan fingerprint density at radius 1 is 0.900 bits per heavy atom. The highest BCUT2D eigenvalue weighted by Crippen LogP contribution is 2.32. The zero-order valence-corrected chi connectivity index (χ0v) is 18.1. The molecule has 1 atom stereocenters. The molecular weight excluding hydrogens is 378 g/mol. The lowest BCUT2D eigenvalue weighted by atomic mass is 10.0. The number of aromatic hydroxyl groups is 1. The molecule has 0 amide bonds. The maximum absolute atomic E-state index is 10.4. The predicted molar refractivity (Wildman–Crippen MR) is 120 cm³/mol. The number of rotatable bonds is 6. The number of methoxy groups -OCH3 is 2. The van der Waals surface area contributed by atoms with Crippen molar-refractivity contribution < 1.29 is 14.6 Å². The molecule has 2 aliphatic heterocycles. The Kier molecular flexibility index (Phi) is 6.65. The van der Waals surface area contributed by atoms with Crippen LogP contribution in [0.25, 0.3) is 0 Å². The van der Waals surface area contributed by atoms with E-state index in [0.29, 0.717) is 11.8 Å². The SMILES string of the molecule is COc1ccccc1N1CCN([C@H]2CCCN(Cc3cccc(OC)c3O)C2)CC1. The second-order valence-electron chi connectivity index (χ2n) is 8.19. The molecule has 2 fully saturated rings. The first-order chi connectivity index (χ1) is 14.7. The van der Waals surface area contributed by atoms with Crippen molar-refractivity contribution in [2.45, 2.75) is 25.4 Å². The number of ether oxygens (including phenoxy) is 2. The Hall–Kier alpha value is -2.44. The smallest absolute Gasteiger partial charge is 0.162 e. The molecule has 162 valence electrons. The fourth-order valence-electron chi connectivity index (χ4n) is 4.79. The van der Waals surface area contributed by atoms with Gasteiger partial charge in [0.25, 0.3) is 0 Å². The average Bonchev–Trinajstić information content (AvgIpc) is 2.81. The highest BCUT2D eigenvalue weighted by molar-refractivity contribution is 5.58. The van der Waals surface area contributed by atoms with E-state index in [2.05, 4.69) is 26.8 Å². The van der Waals surface area contributed by atoms with Crippen LogP contribution in [0.5, 0.6) is 17.2 Å². The monoisotopic (exact) mass is 411 g/mol. The minimum Gasteiger partial charge on any atom is -0.504 e. The summed E-state index contributed by atoms with van der Waals surface area (Å²) < 4.78 is 10.8. The van der Waals surface area contributed by atoms with E-state index >= 15 is 0 Å². The number of para-hydroxylation sites is 3. The van der Waals surface area contributed by atoms with Crippen molar-refractivity contribution in [3.63, 3.8) is 0 Å². The molecule has 0 bridgehead atoms. The number of phenolic OH excluding ortho intramolecular Hbond substituents is 1. The van der Waals surface area contributed by atoms with Crippen LogP contribution < -0.4 is 14.4 Å². The summed E-state index contributed by atoms with van der Waals surface area (Å²) in [5.74, 6) is 1.77. The summed E-state index contributed by atoms with van der Waals surface area (Å²) in [6.45, 7) is 7.07. The first kappa shape index (κ1) is 20.8. The second kappa shape index (κ2) is 9.58. The number of hydrogen-bond donors (Lipinski definition) is 1. The first-order valence-corrected chi connectivity index (χ1v) is 10.9. The molecule has 0 unspecified atom stereocenters. The summed E-state index contributed by atoms with van der Waals surface area (Å²) >= 11 is 0. The van der Waals surface area contributed by atoms with Crippen LogP contribution in [0.1, 0.15) is 18.4 Å². The van der Waals surface area contributed by atoms with Crippen LogP contribution in [0, 0.1) is 0 Å². The van der Waals surface area contributed by atoms with Crippen LogP contribution in [-0.2, 0) is 6.54 Å². The number of likely N-dealkylation sites (tertiary alicyclic amines) is 1. The third-order valence-corrected chi connectivity index (χ3v) is 6.43. The van der Waals surface area contributed by atoms with Crippen molar-refractivity contribution in [2.24, 2.45) is 0 Å². The summed E-state index contributed by atoms with van der Waals surface area (Å²) in [5.41, 5.74) is 2.13. The van der Waals surface area contributed by atoms with E-state index in [4.69, 9.17) is 9.47 Å². The number of piperidine rings is 1. The fraction of sp³-hybridized carbons (Fsp3) is 0.500. The van der Waals surface area contributed by atoms with Gasteiger partial charge in [0.15, 0.2) is 11.5 Å². The minimum atomic E-state index is 0.271. The molecular formula is C24H33N3O3. The van der Waals surface area contributed by atoms with Gasteiger partial charge >= 0.3 is 0 Å². The van der Waals surface area contributed by atoms with Gasteiger partial charge in [-0.1, -0.05) is 24.3 Å². The van der Waals surface area contributed by atoms with E-state index in [9.17, 15) is 5.11 Å². The lowest BCUT2D eigenvalue weighted by Crippen LogP contribution is -2.55. The van der Waals surface area contributed by atoms with Gasteiger partial charge < -0.3 is 19.5 Å². The molecule has 0 saturated carbocycles. The molecule has 30 heavy (non-hydrogen) atoms. The molecule has 2 heterocycles. The van der Waals surface area contributed by atoms with E-state index in [1.807, 2.05) is 24.3 Å². The quantitative estimate of drug-likeness (QED) is 0.788. The molecule has 1 N–H and O–H groups in total. The summed E-state index contributed by atoms with van der Waals surface area (Å²) in [4.78, 5) is 7.54. The first-order valence-electron chi connectivity index (χ1n) is 10.9. The maximum Gasteiger partial charge on any atom is 0.162 e. The van der Waals surface area contributed by atoms with Crippen LogP contribution >= 0.6 is 0 Å². The topological polar surface area (TPSA) is 48.4 Å². The molecule has 0 spiro atoms. The van der Waals surface area contributed by atoms with Gasteiger partial charge in [0.2, 0.25) is 0 Å². The van der Waals surface area contributed by atoms with Gasteiger partial charge in [-0.2, -0.15) is 0 Å². The van der Waals surface area contributed by atoms with Gasteiger partial charge in [-0.25, -0.2) is 0 Å². The molecule has 0 radical (unpaired) electrons. The zero-order valence-electron chi connectivity index (χ0n) is 18.1. The van der Waals surface area contributed by atoms with E-state index < -0.39 is 0 Å². The van der Waals surface area contributed by atoms with Crippen LogP contribution in [0.3, 0.4) is 0 Å². The Labute approximate surface area is 179 Å². The van der Waals surface area contributed by atoms with E-state index in [1.54, 1.807) is 20.3 Å². The van der Waals surface area contributed by atoms with Crippen LogP contribution in [-0.4, -0.2) is 74.4 Å². The molecule has 4 rings (SSSR count). The van der Waals surface area contributed by atoms with Crippen molar-refractivity contribution in [3.8, 4) is 17.2 Å². The fourth-order valence-corrected chi connectivity index (χ4v) is 4.79. The largest absolute Gasteiger partial charge is 0.504 e. The summed E-state index contributed by atoms with van der Waals surface area (Å²) in [6, 6.07) is 14.6. The van der Waals surface area contributed by atoms with Gasteiger partial charge in [-0.3, -0.25) is 9.80 Å². The van der Waals surface area contributed by atoms with Gasteiger partial charge in [-0.15, -0.1) is 0 Å². The van der Waals surface area contributed by atoms with Crippen LogP contribution in [0.15, 0.2) is 42.5 Å². The maximum atomic E-state index is 10.4. The summed E-state index contributed by atoms with van der Waals surface area (Å²) in [7, 11) is 3.34. The van der Waals surface area contributed by atoms with E-state index in [1.165, 1.54) is 18.5 Å². The van der Waals surface area contributed by atoms with Gasteiger partial charge in [-0.05, 0) is 37.6 Å². The minimum absolute atomic E-state index is 0.271. The van der Waals surface area contributed by atoms with Crippen molar-refractivity contribution in [2.75, 3.05) is 58.4 Å². The molecule has 2 aromatic carbocycles. The van der Waals surface area contributed by atoms with Crippen molar-refractivity contribution in [1.82, 2.24) is 9.80 Å². The number of piperazine rings is 1. The summed E-state index contributed by atoms with van der Waals surface area (Å²) in [6.07, 6.45) is 2.44. The standard InChI is InChI=1S/C24H33N3O3/c1-29-22-10-4-3-9-21(22)27-15-13-26(14-16-27)20-8-6-12-25(18-20)17-19-7-5-11-23(30-2)24(19)28/h3-5,7,9-11,20,28H,6,8,12-18H2,1-2H3/t20-/m0/s1. The van der Waals surface area contributed by atoms with Crippen molar-refractivity contribution in [1.29, 1.82) is 0 Å². The third kappa shape index (κ3) is 4.50. The normalized spacial score (nSPS) is 20.9. The van der Waals surface area contributed by atoms with Crippen molar-refractivity contribution >= 4 is 5.69 Å². The van der Waals surface area contributed by atoms with Gasteiger partial charge in [0.05, 0.1) is 19.9 Å². The average molecular weight is 412 g/mol. The number of hydrogen-bond acceptors (Lipinski definition) is 6. The number of benzene rings is 2. The molecule has 2 saturated heterocycles. The molecule has 2 aromatic rings. The molecule has 2 aliphatic rings. The number of nitrogens with zero attached hydrogens (tertiary/aromatic N) is 3. The third-order valence-electron chi connectivity index (χ3n) is 6.43. The predicted octanol–water partition coefficient (Wildman–Crippen LogP) is 3.20. The van der Waals surface area contributed by atoms with Crippen molar-refractivity contribution in [3.05, 3.63) is 48.0 Å². The molecule has 6 nitrogen and oxygen atoms in total. The Balaban J connectivity index is 1.34. The number of phenols is 1. The van der Waals surface area contributed by atoms with E-state index in [0.717, 1.165) is 57.1 Å². The molecule has 0 aliphatic carbocycles. The van der Waals surface area contributed by atoms with Crippen LogP contribution in [0.2, 0.25) is 0 Å². The summed E-state index contributed by atoms with van der Waals surface area (Å²) in [5, 5.41) is 10.4. The Morgan fingerprint density at radius 3 is 2.40 bits per heavy atom. The zero-order chi connectivity index (χ0) is 20.9. The van der Waals surface area contributed by atoms with Crippen LogP contribution in [0.4, 0.5) is 5.69 Å². The lowest BCUT2D eigenvalue weighted by Gasteiger charge is -2.44.